The third-order valence-electron chi connectivity index (χ3n) is 4.46. The molecule has 0 amide bonds. The molecular formula is C18H26O3. The average Bonchev–Trinajstić information content (AvgIpc) is 2.59. The number of carbonyl (C=O) groups excluding carboxylic acids is 1. The summed E-state index contributed by atoms with van der Waals surface area (Å²) >= 11 is 0. The number of esters is 1. The number of rotatable bonds is 4. The van der Waals surface area contributed by atoms with E-state index in [4.69, 9.17) is 4.74 Å². The van der Waals surface area contributed by atoms with Gasteiger partial charge in [-0.05, 0) is 49.7 Å². The van der Waals surface area contributed by atoms with Gasteiger partial charge in [-0.1, -0.05) is 38.1 Å². The predicted molar refractivity (Wildman–Crippen MR) is 82.9 cm³/mol. The average molecular weight is 290 g/mol. The van der Waals surface area contributed by atoms with Crippen molar-refractivity contribution >= 4 is 5.97 Å². The van der Waals surface area contributed by atoms with E-state index in [0.717, 1.165) is 30.4 Å². The van der Waals surface area contributed by atoms with Crippen LogP contribution in [-0.2, 0) is 21.6 Å². The quantitative estimate of drug-likeness (QED) is 0.682. The summed E-state index contributed by atoms with van der Waals surface area (Å²) < 4.78 is 5.24. The molecule has 0 fully saturated rings. The van der Waals surface area contributed by atoms with E-state index in [0.29, 0.717) is 13.0 Å². The minimum atomic E-state index is -1.12. The van der Waals surface area contributed by atoms with Gasteiger partial charge in [-0.3, -0.25) is 4.79 Å². The van der Waals surface area contributed by atoms with Crippen LogP contribution in [0.2, 0.25) is 0 Å². The molecule has 1 aromatic rings. The van der Waals surface area contributed by atoms with Crippen LogP contribution >= 0.6 is 0 Å². The lowest BCUT2D eigenvalue weighted by atomic mass is 9.72. The second-order valence-corrected chi connectivity index (χ2v) is 6.26. The maximum absolute atomic E-state index is 12.4. The second kappa shape index (κ2) is 6.61. The number of ether oxygens (including phenoxy) is 1. The van der Waals surface area contributed by atoms with Gasteiger partial charge < -0.3 is 9.84 Å². The largest absolute Gasteiger partial charge is 0.466 e. The molecule has 116 valence electrons. The highest BCUT2D eigenvalue weighted by Gasteiger charge is 2.46. The molecule has 3 nitrogen and oxygen atoms in total. The van der Waals surface area contributed by atoms with Crippen molar-refractivity contribution in [3.63, 3.8) is 0 Å². The Bertz CT molecular complexity index is 495. The lowest BCUT2D eigenvalue weighted by molar-refractivity contribution is -0.164. The van der Waals surface area contributed by atoms with Gasteiger partial charge in [0, 0.05) is 0 Å². The Morgan fingerprint density at radius 3 is 2.71 bits per heavy atom. The number of aryl methyl sites for hydroxylation is 1. The van der Waals surface area contributed by atoms with E-state index in [1.54, 1.807) is 6.92 Å². The van der Waals surface area contributed by atoms with Gasteiger partial charge in [-0.15, -0.1) is 0 Å². The minimum Gasteiger partial charge on any atom is -0.466 e. The summed E-state index contributed by atoms with van der Waals surface area (Å²) in [6.07, 6.45) is 3.55. The molecule has 1 N–H and O–H groups in total. The third kappa shape index (κ3) is 3.13. The summed E-state index contributed by atoms with van der Waals surface area (Å²) in [7, 11) is 0. The van der Waals surface area contributed by atoms with Gasteiger partial charge in [0.1, 0.15) is 5.60 Å². The fraction of sp³-hybridized carbons (Fsp3) is 0.611. The number of hydrogen-bond donors (Lipinski definition) is 1. The molecular weight excluding hydrogens is 264 g/mol. The highest BCUT2D eigenvalue weighted by Crippen LogP contribution is 2.43. The number of carbonyl (C=O) groups is 1. The normalized spacial score (nSPS) is 23.3. The molecule has 2 rings (SSSR count). The first-order valence-corrected chi connectivity index (χ1v) is 7.98. The molecule has 0 radical (unpaired) electrons. The molecule has 0 aromatic heterocycles. The molecule has 0 saturated heterocycles. The van der Waals surface area contributed by atoms with Crippen molar-refractivity contribution in [3.8, 4) is 0 Å². The number of benzene rings is 1. The van der Waals surface area contributed by atoms with Crippen molar-refractivity contribution in [2.45, 2.75) is 52.1 Å². The van der Waals surface area contributed by atoms with Crippen LogP contribution in [0.3, 0.4) is 0 Å². The Labute approximate surface area is 127 Å². The lowest BCUT2D eigenvalue weighted by Gasteiger charge is -2.37. The van der Waals surface area contributed by atoms with E-state index in [1.807, 2.05) is 32.0 Å². The first-order chi connectivity index (χ1) is 10.0. The highest BCUT2D eigenvalue weighted by molar-refractivity contribution is 5.75. The Morgan fingerprint density at radius 2 is 2.05 bits per heavy atom. The Kier molecular flexibility index (Phi) is 5.04. The van der Waals surface area contributed by atoms with Crippen molar-refractivity contribution in [1.82, 2.24) is 0 Å². The smallest absolute Gasteiger partial charge is 0.312 e. The maximum atomic E-state index is 12.4. The molecule has 3 heteroatoms. The molecule has 21 heavy (non-hydrogen) atoms. The third-order valence-corrected chi connectivity index (χ3v) is 4.46. The SMILES string of the molecule is CCOC(=O)C(C(C)C)C1(O)CCCCc2ccccc21. The predicted octanol–water partition coefficient (Wildman–Crippen LogP) is 3.44. The van der Waals surface area contributed by atoms with Crippen LogP contribution in [0.4, 0.5) is 0 Å². The van der Waals surface area contributed by atoms with E-state index in [1.165, 1.54) is 0 Å². The Balaban J connectivity index is 2.48. The first kappa shape index (κ1) is 16.0. The van der Waals surface area contributed by atoms with Gasteiger partial charge in [-0.2, -0.15) is 0 Å². The van der Waals surface area contributed by atoms with Crippen LogP contribution in [0.5, 0.6) is 0 Å². The molecule has 1 aliphatic carbocycles. The fourth-order valence-electron chi connectivity index (χ4n) is 3.58. The maximum Gasteiger partial charge on any atom is 0.312 e. The van der Waals surface area contributed by atoms with Crippen molar-refractivity contribution in [2.75, 3.05) is 6.61 Å². The van der Waals surface area contributed by atoms with Gasteiger partial charge in [0.25, 0.3) is 0 Å². The highest BCUT2D eigenvalue weighted by atomic mass is 16.5. The molecule has 0 saturated carbocycles. The zero-order chi connectivity index (χ0) is 15.5. The van der Waals surface area contributed by atoms with Crippen LogP contribution < -0.4 is 0 Å². The molecule has 0 bridgehead atoms. The van der Waals surface area contributed by atoms with E-state index in [9.17, 15) is 9.90 Å². The topological polar surface area (TPSA) is 46.5 Å². The van der Waals surface area contributed by atoms with E-state index >= 15 is 0 Å². The van der Waals surface area contributed by atoms with Crippen LogP contribution in [0.25, 0.3) is 0 Å². The molecule has 0 aliphatic heterocycles. The lowest BCUT2D eigenvalue weighted by Crippen LogP contribution is -2.44. The Hall–Kier alpha value is -1.35. The second-order valence-electron chi connectivity index (χ2n) is 6.26. The van der Waals surface area contributed by atoms with Crippen LogP contribution in [0, 0.1) is 11.8 Å². The molecule has 0 spiro atoms. The molecule has 1 aliphatic rings. The summed E-state index contributed by atoms with van der Waals surface area (Å²) in [5, 5.41) is 11.4. The summed E-state index contributed by atoms with van der Waals surface area (Å²) in [5.41, 5.74) is 0.953. The van der Waals surface area contributed by atoms with Gasteiger partial charge in [0.15, 0.2) is 0 Å². The van der Waals surface area contributed by atoms with Crippen molar-refractivity contribution in [2.24, 2.45) is 11.8 Å². The summed E-state index contributed by atoms with van der Waals surface area (Å²) in [4.78, 5) is 12.4. The van der Waals surface area contributed by atoms with Crippen LogP contribution in [0.1, 0.15) is 51.2 Å². The summed E-state index contributed by atoms with van der Waals surface area (Å²) in [5.74, 6) is -0.774. The van der Waals surface area contributed by atoms with E-state index in [-0.39, 0.29) is 11.9 Å². The van der Waals surface area contributed by atoms with Gasteiger partial charge >= 0.3 is 5.97 Å². The molecule has 2 atom stereocenters. The van der Waals surface area contributed by atoms with Gasteiger partial charge in [0.2, 0.25) is 0 Å². The first-order valence-electron chi connectivity index (χ1n) is 7.98. The van der Waals surface area contributed by atoms with Crippen molar-refractivity contribution in [3.05, 3.63) is 35.4 Å². The zero-order valence-electron chi connectivity index (χ0n) is 13.3. The van der Waals surface area contributed by atoms with Gasteiger partial charge in [-0.25, -0.2) is 0 Å². The Morgan fingerprint density at radius 1 is 1.33 bits per heavy atom. The monoisotopic (exact) mass is 290 g/mol. The molecule has 1 aromatic carbocycles. The van der Waals surface area contributed by atoms with Crippen LogP contribution in [0.15, 0.2) is 24.3 Å². The number of fused-ring (bicyclic) bond motifs is 1. The molecule has 0 heterocycles. The van der Waals surface area contributed by atoms with Crippen LogP contribution in [-0.4, -0.2) is 17.7 Å². The van der Waals surface area contributed by atoms with E-state index < -0.39 is 11.5 Å². The minimum absolute atomic E-state index is 0.0280. The van der Waals surface area contributed by atoms with Gasteiger partial charge in [0.05, 0.1) is 12.5 Å². The summed E-state index contributed by atoms with van der Waals surface area (Å²) in [6.45, 7) is 6.11. The summed E-state index contributed by atoms with van der Waals surface area (Å²) in [6, 6.07) is 7.97. The zero-order valence-corrected chi connectivity index (χ0v) is 13.3. The number of aliphatic hydroxyl groups is 1. The molecule has 2 unspecified atom stereocenters. The standard InChI is InChI=1S/C18H26O3/c1-4-21-17(19)16(13(2)3)18(20)12-8-7-10-14-9-5-6-11-15(14)18/h5-6,9,11,13,16,20H,4,7-8,10,12H2,1-3H3. The van der Waals surface area contributed by atoms with E-state index in [2.05, 4.69) is 6.07 Å². The van der Waals surface area contributed by atoms with Crippen molar-refractivity contribution in [1.29, 1.82) is 0 Å². The number of hydrogen-bond acceptors (Lipinski definition) is 3. The fourth-order valence-corrected chi connectivity index (χ4v) is 3.58. The van der Waals surface area contributed by atoms with Crippen molar-refractivity contribution < 1.29 is 14.6 Å².